The maximum absolute atomic E-state index is 5.89. The Kier molecular flexibility index (Phi) is 5.02. The zero-order chi connectivity index (χ0) is 14.7. The SMILES string of the molecule is CC(Nc1ccc(C(N)=S)c(Br)c1)c1ccc(Cl)cc1. The van der Waals surface area contributed by atoms with Crippen LogP contribution >= 0.6 is 39.7 Å². The van der Waals surface area contributed by atoms with Crippen LogP contribution in [0.2, 0.25) is 5.02 Å². The van der Waals surface area contributed by atoms with Gasteiger partial charge in [-0.2, -0.15) is 0 Å². The van der Waals surface area contributed by atoms with E-state index in [2.05, 4.69) is 28.2 Å². The van der Waals surface area contributed by atoms with Crippen LogP contribution < -0.4 is 11.1 Å². The third-order valence-electron chi connectivity index (χ3n) is 2.99. The first-order valence-corrected chi connectivity index (χ1v) is 7.66. The highest BCUT2D eigenvalue weighted by atomic mass is 79.9. The van der Waals surface area contributed by atoms with Gasteiger partial charge in [-0.05, 0) is 58.7 Å². The molecule has 2 rings (SSSR count). The van der Waals surface area contributed by atoms with Gasteiger partial charge >= 0.3 is 0 Å². The smallest absolute Gasteiger partial charge is 0.105 e. The number of rotatable bonds is 4. The summed E-state index contributed by atoms with van der Waals surface area (Å²) in [5.74, 6) is 0. The Labute approximate surface area is 137 Å². The van der Waals surface area contributed by atoms with Crippen molar-refractivity contribution in [2.24, 2.45) is 5.73 Å². The van der Waals surface area contributed by atoms with Crippen molar-refractivity contribution in [1.29, 1.82) is 0 Å². The highest BCUT2D eigenvalue weighted by molar-refractivity contribution is 9.10. The maximum Gasteiger partial charge on any atom is 0.105 e. The quantitative estimate of drug-likeness (QED) is 0.752. The van der Waals surface area contributed by atoms with Crippen molar-refractivity contribution >= 4 is 50.4 Å². The number of nitrogens with two attached hydrogens (primary N) is 1. The lowest BCUT2D eigenvalue weighted by Crippen LogP contribution is -2.11. The van der Waals surface area contributed by atoms with E-state index in [9.17, 15) is 0 Å². The average Bonchev–Trinajstić information content (AvgIpc) is 2.39. The van der Waals surface area contributed by atoms with E-state index in [1.807, 2.05) is 42.5 Å². The Morgan fingerprint density at radius 3 is 2.45 bits per heavy atom. The fourth-order valence-electron chi connectivity index (χ4n) is 1.89. The van der Waals surface area contributed by atoms with Crippen LogP contribution in [-0.4, -0.2) is 4.99 Å². The first-order chi connectivity index (χ1) is 9.47. The maximum atomic E-state index is 5.89. The van der Waals surface area contributed by atoms with E-state index in [0.29, 0.717) is 4.99 Å². The Morgan fingerprint density at radius 2 is 1.90 bits per heavy atom. The minimum Gasteiger partial charge on any atom is -0.389 e. The minimum atomic E-state index is 0.176. The van der Waals surface area contributed by atoms with Crippen LogP contribution in [0.15, 0.2) is 46.9 Å². The van der Waals surface area contributed by atoms with E-state index in [4.69, 9.17) is 29.6 Å². The fraction of sp³-hybridized carbons (Fsp3) is 0.133. The zero-order valence-electron chi connectivity index (χ0n) is 10.9. The number of thiocarbonyl (C=S) groups is 1. The Balaban J connectivity index is 2.15. The fourth-order valence-corrected chi connectivity index (χ4v) is 2.92. The van der Waals surface area contributed by atoms with E-state index >= 15 is 0 Å². The van der Waals surface area contributed by atoms with Crippen LogP contribution in [-0.2, 0) is 0 Å². The van der Waals surface area contributed by atoms with Gasteiger partial charge in [-0.3, -0.25) is 0 Å². The Bertz CT molecular complexity index is 628. The molecule has 5 heteroatoms. The molecular weight excluding hydrogens is 356 g/mol. The molecular formula is C15H14BrClN2S. The molecule has 2 nitrogen and oxygen atoms in total. The second kappa shape index (κ2) is 6.57. The van der Waals surface area contributed by atoms with Crippen molar-refractivity contribution in [2.75, 3.05) is 5.32 Å². The Hall–Kier alpha value is -1.10. The molecule has 0 aliphatic carbocycles. The highest BCUT2D eigenvalue weighted by Gasteiger charge is 2.08. The van der Waals surface area contributed by atoms with Crippen LogP contribution in [0, 0.1) is 0 Å². The molecule has 2 aromatic carbocycles. The van der Waals surface area contributed by atoms with Gasteiger partial charge < -0.3 is 11.1 Å². The van der Waals surface area contributed by atoms with Crippen LogP contribution in [0.25, 0.3) is 0 Å². The highest BCUT2D eigenvalue weighted by Crippen LogP contribution is 2.25. The molecule has 104 valence electrons. The number of hydrogen-bond donors (Lipinski definition) is 2. The summed E-state index contributed by atoms with van der Waals surface area (Å²) in [6.45, 7) is 2.10. The van der Waals surface area contributed by atoms with Crippen molar-refractivity contribution < 1.29 is 0 Å². The first kappa shape index (κ1) is 15.3. The molecule has 0 fully saturated rings. The third kappa shape index (κ3) is 3.72. The molecule has 0 heterocycles. The van der Waals surface area contributed by atoms with Gasteiger partial charge in [0.15, 0.2) is 0 Å². The second-order valence-corrected chi connectivity index (χ2v) is 6.21. The number of halogens is 2. The molecule has 1 unspecified atom stereocenters. The Morgan fingerprint density at radius 1 is 1.25 bits per heavy atom. The molecule has 0 saturated heterocycles. The first-order valence-electron chi connectivity index (χ1n) is 6.08. The second-order valence-electron chi connectivity index (χ2n) is 4.48. The van der Waals surface area contributed by atoms with Gasteiger partial charge in [-0.15, -0.1) is 0 Å². The van der Waals surface area contributed by atoms with Crippen LogP contribution in [0.3, 0.4) is 0 Å². The van der Waals surface area contributed by atoms with Gasteiger partial charge in [-0.25, -0.2) is 0 Å². The monoisotopic (exact) mass is 368 g/mol. The standard InChI is InChI=1S/C15H14BrClN2S/c1-9(10-2-4-11(17)5-3-10)19-12-6-7-13(15(18)20)14(16)8-12/h2-9,19H,1H3,(H2,18,20). The van der Waals surface area contributed by atoms with Gasteiger partial charge in [0.2, 0.25) is 0 Å². The third-order valence-corrected chi connectivity index (χ3v) is 4.12. The van der Waals surface area contributed by atoms with Gasteiger partial charge in [0, 0.05) is 26.8 Å². The largest absolute Gasteiger partial charge is 0.389 e. The molecule has 0 saturated carbocycles. The van der Waals surface area contributed by atoms with Crippen molar-refractivity contribution in [1.82, 2.24) is 0 Å². The van der Waals surface area contributed by atoms with Gasteiger partial charge in [0.1, 0.15) is 4.99 Å². The molecule has 3 N–H and O–H groups in total. The summed E-state index contributed by atoms with van der Waals surface area (Å²) in [5, 5.41) is 4.17. The van der Waals surface area contributed by atoms with E-state index < -0.39 is 0 Å². The summed E-state index contributed by atoms with van der Waals surface area (Å²) in [6, 6.07) is 13.8. The number of anilines is 1. The summed E-state index contributed by atoms with van der Waals surface area (Å²) in [4.78, 5) is 0.383. The van der Waals surface area contributed by atoms with E-state index in [0.717, 1.165) is 20.7 Å². The molecule has 0 aliphatic heterocycles. The molecule has 0 aliphatic rings. The van der Waals surface area contributed by atoms with E-state index in [-0.39, 0.29) is 6.04 Å². The van der Waals surface area contributed by atoms with Crippen molar-refractivity contribution in [3.8, 4) is 0 Å². The molecule has 0 spiro atoms. The molecule has 0 radical (unpaired) electrons. The molecule has 0 bridgehead atoms. The van der Waals surface area contributed by atoms with Crippen molar-refractivity contribution in [2.45, 2.75) is 13.0 Å². The lowest BCUT2D eigenvalue weighted by molar-refractivity contribution is 0.885. The summed E-state index contributed by atoms with van der Waals surface area (Å²) in [5.41, 5.74) is 8.65. The predicted molar refractivity (Wildman–Crippen MR) is 93.5 cm³/mol. The topological polar surface area (TPSA) is 38.0 Å². The number of hydrogen-bond acceptors (Lipinski definition) is 2. The van der Waals surface area contributed by atoms with E-state index in [1.165, 1.54) is 5.56 Å². The molecule has 0 aromatic heterocycles. The van der Waals surface area contributed by atoms with Gasteiger partial charge in [-0.1, -0.05) is 36.0 Å². The van der Waals surface area contributed by atoms with E-state index in [1.54, 1.807) is 0 Å². The molecule has 20 heavy (non-hydrogen) atoms. The lowest BCUT2D eigenvalue weighted by atomic mass is 10.1. The van der Waals surface area contributed by atoms with Crippen LogP contribution in [0.4, 0.5) is 5.69 Å². The summed E-state index contributed by atoms with van der Waals surface area (Å²) in [7, 11) is 0. The number of nitrogens with one attached hydrogen (secondary N) is 1. The molecule has 2 aromatic rings. The van der Waals surface area contributed by atoms with Gasteiger partial charge in [0.05, 0.1) is 0 Å². The summed E-state index contributed by atoms with van der Waals surface area (Å²) in [6.07, 6.45) is 0. The van der Waals surface area contributed by atoms with Gasteiger partial charge in [0.25, 0.3) is 0 Å². The lowest BCUT2D eigenvalue weighted by Gasteiger charge is -2.16. The van der Waals surface area contributed by atoms with Crippen molar-refractivity contribution in [3.63, 3.8) is 0 Å². The van der Waals surface area contributed by atoms with Crippen molar-refractivity contribution in [3.05, 3.63) is 63.1 Å². The summed E-state index contributed by atoms with van der Waals surface area (Å²) >= 11 is 14.4. The summed E-state index contributed by atoms with van der Waals surface area (Å²) < 4.78 is 0.887. The van der Waals surface area contributed by atoms with Crippen LogP contribution in [0.5, 0.6) is 0 Å². The zero-order valence-corrected chi connectivity index (χ0v) is 14.0. The molecule has 0 amide bonds. The normalized spacial score (nSPS) is 11.9. The van der Waals surface area contributed by atoms with Crippen LogP contribution in [0.1, 0.15) is 24.1 Å². The number of benzene rings is 2. The predicted octanol–water partition coefficient (Wildman–Crippen LogP) is 4.91. The average molecular weight is 370 g/mol. The molecule has 1 atom stereocenters. The minimum absolute atomic E-state index is 0.176.